The number of benzene rings is 2. The molecule has 5 rings (SSSR count). The molecular formula is C27H25F2N7O. The fourth-order valence-electron chi connectivity index (χ4n) is 4.26. The highest BCUT2D eigenvalue weighted by Crippen LogP contribution is 2.32. The van der Waals surface area contributed by atoms with Crippen molar-refractivity contribution in [1.29, 1.82) is 0 Å². The topological polar surface area (TPSA) is 86.3 Å². The number of rotatable bonds is 6. The van der Waals surface area contributed by atoms with Crippen LogP contribution >= 0.6 is 0 Å². The van der Waals surface area contributed by atoms with Crippen LogP contribution < -0.4 is 15.5 Å². The van der Waals surface area contributed by atoms with Crippen LogP contribution in [-0.2, 0) is 4.79 Å². The summed E-state index contributed by atoms with van der Waals surface area (Å²) in [4.78, 5) is 28.9. The average Bonchev–Trinajstić information content (AvgIpc) is 2.89. The first-order chi connectivity index (χ1) is 17.9. The molecule has 10 heteroatoms. The van der Waals surface area contributed by atoms with Crippen molar-refractivity contribution < 1.29 is 13.6 Å². The predicted molar refractivity (Wildman–Crippen MR) is 141 cm³/mol. The van der Waals surface area contributed by atoms with Gasteiger partial charge in [0.25, 0.3) is 0 Å². The van der Waals surface area contributed by atoms with Gasteiger partial charge in [-0.3, -0.25) is 4.79 Å². The molecule has 0 saturated carbocycles. The number of aromatic nitrogens is 3. The number of nitrogens with one attached hydrogen (secondary N) is 2. The minimum atomic E-state index is -0.494. The monoisotopic (exact) mass is 501 g/mol. The van der Waals surface area contributed by atoms with Crippen LogP contribution in [0.3, 0.4) is 0 Å². The fourth-order valence-corrected chi connectivity index (χ4v) is 4.26. The van der Waals surface area contributed by atoms with Crippen LogP contribution in [0.1, 0.15) is 0 Å². The number of hydrogen-bond donors (Lipinski definition) is 2. The van der Waals surface area contributed by atoms with Gasteiger partial charge < -0.3 is 20.4 Å². The number of likely N-dealkylation sites (N-methyl/N-ethyl adjacent to an activating group) is 1. The molecule has 1 saturated heterocycles. The van der Waals surface area contributed by atoms with Crippen molar-refractivity contribution >= 4 is 40.0 Å². The Morgan fingerprint density at radius 2 is 1.84 bits per heavy atom. The lowest BCUT2D eigenvalue weighted by Crippen LogP contribution is -2.44. The number of pyridine rings is 1. The van der Waals surface area contributed by atoms with Crippen molar-refractivity contribution in [3.8, 4) is 11.1 Å². The number of hydrogen-bond acceptors (Lipinski definition) is 7. The molecule has 2 aromatic carbocycles. The standard InChI is InChI=1S/C27H25F2N7O/c1-3-24(37)33-23-14-17(8-9-30-23)25-20(28)6-4-18-16-31-27(34-26(18)25)32-19-5-7-22(21(29)15-19)36-12-10-35(2)11-13-36/h3-9,14-16H,1,10-13H2,2H3,(H,30,33,37)(H,31,32,34). The molecule has 0 radical (unpaired) electrons. The first-order valence-corrected chi connectivity index (χ1v) is 11.8. The molecule has 8 nitrogen and oxygen atoms in total. The molecule has 1 fully saturated rings. The molecule has 1 amide bonds. The predicted octanol–water partition coefficient (Wildman–Crippen LogP) is 4.59. The van der Waals surface area contributed by atoms with Crippen LogP contribution in [-0.4, -0.2) is 59.0 Å². The summed E-state index contributed by atoms with van der Waals surface area (Å²) in [6.45, 7) is 6.70. The lowest BCUT2D eigenvalue weighted by Gasteiger charge is -2.34. The van der Waals surface area contributed by atoms with Gasteiger partial charge in [-0.05, 0) is 61.2 Å². The Kier molecular flexibility index (Phi) is 6.74. The molecule has 0 atom stereocenters. The Labute approximate surface area is 212 Å². The van der Waals surface area contributed by atoms with E-state index in [0.29, 0.717) is 27.8 Å². The Morgan fingerprint density at radius 3 is 2.59 bits per heavy atom. The van der Waals surface area contributed by atoms with E-state index in [2.05, 4.69) is 44.1 Å². The zero-order chi connectivity index (χ0) is 25.9. The summed E-state index contributed by atoms with van der Waals surface area (Å²) in [5.74, 6) is -0.815. The van der Waals surface area contributed by atoms with Gasteiger partial charge in [-0.25, -0.2) is 23.7 Å². The summed E-state index contributed by atoms with van der Waals surface area (Å²) in [5.41, 5.74) is 2.10. The third kappa shape index (κ3) is 5.24. The van der Waals surface area contributed by atoms with E-state index in [-0.39, 0.29) is 23.1 Å². The number of halogens is 2. The second-order valence-electron chi connectivity index (χ2n) is 8.76. The van der Waals surface area contributed by atoms with Crippen LogP contribution in [0, 0.1) is 11.6 Å². The molecule has 0 spiro atoms. The first kappa shape index (κ1) is 24.3. The van der Waals surface area contributed by atoms with Crippen molar-refractivity contribution in [2.75, 3.05) is 48.8 Å². The molecule has 4 aromatic rings. The minimum Gasteiger partial charge on any atom is -0.367 e. The van der Waals surface area contributed by atoms with Gasteiger partial charge in [-0.2, -0.15) is 0 Å². The smallest absolute Gasteiger partial charge is 0.248 e. The SMILES string of the molecule is C=CC(=O)Nc1cc(-c2c(F)ccc3cnc(Nc4ccc(N5CCN(C)CC5)c(F)c4)nc23)ccn1. The Morgan fingerprint density at radius 1 is 1.03 bits per heavy atom. The van der Waals surface area contributed by atoms with Crippen molar-refractivity contribution in [1.82, 2.24) is 19.9 Å². The van der Waals surface area contributed by atoms with Crippen LogP contribution in [0.5, 0.6) is 0 Å². The molecule has 0 aliphatic carbocycles. The van der Waals surface area contributed by atoms with Gasteiger partial charge in [0.2, 0.25) is 11.9 Å². The molecular weight excluding hydrogens is 476 g/mol. The second-order valence-corrected chi connectivity index (χ2v) is 8.76. The largest absolute Gasteiger partial charge is 0.367 e. The fraction of sp³-hybridized carbons (Fsp3) is 0.185. The number of anilines is 4. The lowest BCUT2D eigenvalue weighted by atomic mass is 10.0. The number of piperazine rings is 1. The number of amides is 1. The van der Waals surface area contributed by atoms with Gasteiger partial charge >= 0.3 is 0 Å². The third-order valence-electron chi connectivity index (χ3n) is 6.23. The van der Waals surface area contributed by atoms with E-state index in [1.807, 2.05) is 4.90 Å². The summed E-state index contributed by atoms with van der Waals surface area (Å²) in [6, 6.07) is 11.0. The molecule has 0 bridgehead atoms. The molecule has 0 unspecified atom stereocenters. The van der Waals surface area contributed by atoms with E-state index >= 15 is 4.39 Å². The van der Waals surface area contributed by atoms with Gasteiger partial charge in [0.05, 0.1) is 11.2 Å². The number of carbonyl (C=O) groups excluding carboxylic acids is 1. The van der Waals surface area contributed by atoms with E-state index in [0.717, 1.165) is 32.3 Å². The summed E-state index contributed by atoms with van der Waals surface area (Å²) < 4.78 is 30.0. The quantitative estimate of drug-likeness (QED) is 0.374. The van der Waals surface area contributed by atoms with E-state index in [4.69, 9.17) is 0 Å². The van der Waals surface area contributed by atoms with Gasteiger partial charge in [-0.15, -0.1) is 0 Å². The molecule has 2 aromatic heterocycles. The van der Waals surface area contributed by atoms with E-state index < -0.39 is 11.7 Å². The van der Waals surface area contributed by atoms with Crippen molar-refractivity contribution in [3.05, 3.63) is 79.1 Å². The maximum absolute atomic E-state index is 15.1. The van der Waals surface area contributed by atoms with Gasteiger partial charge in [0.1, 0.15) is 17.5 Å². The highest BCUT2D eigenvalue weighted by Gasteiger charge is 2.18. The second kappa shape index (κ2) is 10.3. The van der Waals surface area contributed by atoms with Crippen molar-refractivity contribution in [3.63, 3.8) is 0 Å². The molecule has 1 aliphatic heterocycles. The van der Waals surface area contributed by atoms with Crippen LogP contribution in [0.4, 0.5) is 31.9 Å². The number of fused-ring (bicyclic) bond motifs is 1. The van der Waals surface area contributed by atoms with Gasteiger partial charge in [-0.1, -0.05) is 6.58 Å². The molecule has 1 aliphatic rings. The zero-order valence-corrected chi connectivity index (χ0v) is 20.2. The van der Waals surface area contributed by atoms with Gasteiger partial charge in [0.15, 0.2) is 0 Å². The normalized spacial score (nSPS) is 14.0. The summed E-state index contributed by atoms with van der Waals surface area (Å²) in [5, 5.41) is 6.22. The van der Waals surface area contributed by atoms with Crippen LogP contribution in [0.25, 0.3) is 22.0 Å². The maximum Gasteiger partial charge on any atom is 0.248 e. The molecule has 188 valence electrons. The Balaban J connectivity index is 1.45. The van der Waals surface area contributed by atoms with Crippen molar-refractivity contribution in [2.24, 2.45) is 0 Å². The van der Waals surface area contributed by atoms with Crippen LogP contribution in [0.15, 0.2) is 67.5 Å². The average molecular weight is 502 g/mol. The Bertz CT molecular complexity index is 1490. The van der Waals surface area contributed by atoms with E-state index in [1.54, 1.807) is 36.5 Å². The zero-order valence-electron chi connectivity index (χ0n) is 20.2. The third-order valence-corrected chi connectivity index (χ3v) is 6.23. The number of carbonyl (C=O) groups is 1. The van der Waals surface area contributed by atoms with Crippen molar-refractivity contribution in [2.45, 2.75) is 0 Å². The summed E-state index contributed by atoms with van der Waals surface area (Å²) in [7, 11) is 2.05. The van der Waals surface area contributed by atoms with Crippen LogP contribution in [0.2, 0.25) is 0 Å². The maximum atomic E-state index is 15.1. The molecule has 2 N–H and O–H groups in total. The summed E-state index contributed by atoms with van der Waals surface area (Å²) >= 11 is 0. The summed E-state index contributed by atoms with van der Waals surface area (Å²) in [6.07, 6.45) is 4.17. The minimum absolute atomic E-state index is 0.195. The lowest BCUT2D eigenvalue weighted by molar-refractivity contribution is -0.111. The molecule has 37 heavy (non-hydrogen) atoms. The van der Waals surface area contributed by atoms with E-state index in [9.17, 15) is 9.18 Å². The highest BCUT2D eigenvalue weighted by atomic mass is 19.1. The van der Waals surface area contributed by atoms with E-state index in [1.165, 1.54) is 18.3 Å². The number of nitrogens with zero attached hydrogens (tertiary/aromatic N) is 5. The Hall–Kier alpha value is -4.44. The first-order valence-electron chi connectivity index (χ1n) is 11.8. The highest BCUT2D eigenvalue weighted by molar-refractivity contribution is 5.99. The molecule has 3 heterocycles. The van der Waals surface area contributed by atoms with Gasteiger partial charge in [0, 0.05) is 55.2 Å².